The second-order valence-electron chi connectivity index (χ2n) is 3.61. The van der Waals surface area contributed by atoms with Crippen molar-refractivity contribution < 1.29 is 14.7 Å². The summed E-state index contributed by atoms with van der Waals surface area (Å²) < 4.78 is 0. The van der Waals surface area contributed by atoms with Crippen LogP contribution >= 0.6 is 0 Å². The third kappa shape index (κ3) is 5.90. The van der Waals surface area contributed by atoms with E-state index in [4.69, 9.17) is 28.3 Å². The summed E-state index contributed by atoms with van der Waals surface area (Å²) in [6.07, 6.45) is 1.66. The minimum absolute atomic E-state index is 0.276. The first kappa shape index (κ1) is 15.4. The second kappa shape index (κ2) is 7.65. The van der Waals surface area contributed by atoms with Gasteiger partial charge in [0.1, 0.15) is 0 Å². The molecule has 9 N–H and O–H groups in total. The molecule has 0 aliphatic heterocycles. The standard InChI is InChI=1S/C8H20N6O3/c9-7(16)13(11)4-2-1-3-6(5-15)14(12)8(10)17/h6,15H,1-5,11-12H2,(H2,9,16)(H2,10,17). The molecule has 4 amide bonds. The number of hydrogen-bond acceptors (Lipinski definition) is 5. The first-order chi connectivity index (χ1) is 7.90. The third-order valence-corrected chi connectivity index (χ3v) is 2.33. The normalized spacial score (nSPS) is 11.9. The fourth-order valence-corrected chi connectivity index (χ4v) is 1.27. The Morgan fingerprint density at radius 1 is 1.12 bits per heavy atom. The molecule has 0 heterocycles. The Morgan fingerprint density at radius 3 is 2.12 bits per heavy atom. The van der Waals surface area contributed by atoms with Gasteiger partial charge in [-0.3, -0.25) is 10.0 Å². The summed E-state index contributed by atoms with van der Waals surface area (Å²) in [5.41, 5.74) is 9.89. The van der Waals surface area contributed by atoms with Gasteiger partial charge in [0.2, 0.25) is 0 Å². The highest BCUT2D eigenvalue weighted by molar-refractivity contribution is 5.71. The van der Waals surface area contributed by atoms with Crippen molar-refractivity contribution >= 4 is 12.1 Å². The van der Waals surface area contributed by atoms with Crippen molar-refractivity contribution in [2.24, 2.45) is 23.2 Å². The molecule has 0 aromatic carbocycles. The lowest BCUT2D eigenvalue weighted by molar-refractivity contribution is 0.132. The van der Waals surface area contributed by atoms with Gasteiger partial charge in [-0.25, -0.2) is 21.3 Å². The van der Waals surface area contributed by atoms with Crippen LogP contribution in [0.15, 0.2) is 0 Å². The number of urea groups is 2. The predicted molar refractivity (Wildman–Crippen MR) is 60.8 cm³/mol. The van der Waals surface area contributed by atoms with E-state index in [1.807, 2.05) is 0 Å². The van der Waals surface area contributed by atoms with Gasteiger partial charge in [0, 0.05) is 6.54 Å². The smallest absolute Gasteiger partial charge is 0.329 e. The van der Waals surface area contributed by atoms with E-state index in [0.29, 0.717) is 25.8 Å². The summed E-state index contributed by atoms with van der Waals surface area (Å²) in [6, 6.07) is -2.05. The molecule has 17 heavy (non-hydrogen) atoms. The van der Waals surface area contributed by atoms with Crippen LogP contribution in [0.2, 0.25) is 0 Å². The quantitative estimate of drug-likeness (QED) is 0.152. The Bertz CT molecular complexity index is 262. The highest BCUT2D eigenvalue weighted by Crippen LogP contribution is 2.05. The Morgan fingerprint density at radius 2 is 1.71 bits per heavy atom. The molecule has 0 aromatic heterocycles. The molecule has 0 bridgehead atoms. The molecule has 0 rings (SSSR count). The number of unbranched alkanes of at least 4 members (excludes halogenated alkanes) is 1. The summed E-state index contributed by atoms with van der Waals surface area (Å²) >= 11 is 0. The lowest BCUT2D eigenvalue weighted by atomic mass is 10.1. The molecule has 1 atom stereocenters. The Kier molecular flexibility index (Phi) is 6.94. The molecular formula is C8H20N6O3. The molecule has 0 aliphatic carbocycles. The van der Waals surface area contributed by atoms with Gasteiger partial charge in [-0.1, -0.05) is 0 Å². The van der Waals surface area contributed by atoms with Gasteiger partial charge < -0.3 is 16.6 Å². The number of nitrogens with zero attached hydrogens (tertiary/aromatic N) is 2. The molecule has 0 aliphatic rings. The molecule has 9 nitrogen and oxygen atoms in total. The molecular weight excluding hydrogens is 228 g/mol. The van der Waals surface area contributed by atoms with Crippen LogP contribution in [0.1, 0.15) is 19.3 Å². The van der Waals surface area contributed by atoms with E-state index in [-0.39, 0.29) is 6.61 Å². The number of amides is 4. The summed E-state index contributed by atoms with van der Waals surface area (Å²) in [5, 5.41) is 10.7. The van der Waals surface area contributed by atoms with Gasteiger partial charge in [-0.15, -0.1) is 0 Å². The molecule has 0 saturated carbocycles. The van der Waals surface area contributed by atoms with Crippen LogP contribution in [0.5, 0.6) is 0 Å². The monoisotopic (exact) mass is 248 g/mol. The van der Waals surface area contributed by atoms with E-state index >= 15 is 0 Å². The van der Waals surface area contributed by atoms with Gasteiger partial charge in [0.15, 0.2) is 0 Å². The zero-order valence-corrected chi connectivity index (χ0v) is 9.58. The van der Waals surface area contributed by atoms with E-state index in [2.05, 4.69) is 0 Å². The average Bonchev–Trinajstić information content (AvgIpc) is 2.27. The first-order valence-electron chi connectivity index (χ1n) is 5.16. The number of hydrogen-bond donors (Lipinski definition) is 5. The van der Waals surface area contributed by atoms with Gasteiger partial charge in [-0.05, 0) is 19.3 Å². The summed E-state index contributed by atoms with van der Waals surface area (Å²) in [6.45, 7) is 0.0240. The maximum atomic E-state index is 10.8. The summed E-state index contributed by atoms with van der Waals surface area (Å²) in [4.78, 5) is 21.3. The number of aliphatic hydroxyl groups is 1. The van der Waals surface area contributed by atoms with Crippen molar-refractivity contribution in [2.45, 2.75) is 25.3 Å². The second-order valence-corrected chi connectivity index (χ2v) is 3.61. The molecule has 9 heteroatoms. The predicted octanol–water partition coefficient (Wildman–Crippen LogP) is -1.97. The number of carbonyl (C=O) groups excluding carboxylic acids is 2. The van der Waals surface area contributed by atoms with E-state index in [1.165, 1.54) is 0 Å². The molecule has 0 radical (unpaired) electrons. The SMILES string of the molecule is NC(=O)N(N)CCCCC(CO)N(N)C(N)=O. The molecule has 0 fully saturated rings. The van der Waals surface area contributed by atoms with Gasteiger partial charge in [0.25, 0.3) is 0 Å². The van der Waals surface area contributed by atoms with E-state index in [1.54, 1.807) is 0 Å². The fraction of sp³-hybridized carbons (Fsp3) is 0.750. The topological polar surface area (TPSA) is 165 Å². The maximum absolute atomic E-state index is 10.8. The number of nitrogens with two attached hydrogens (primary N) is 4. The van der Waals surface area contributed by atoms with Crippen LogP contribution < -0.4 is 23.2 Å². The van der Waals surface area contributed by atoms with Crippen molar-refractivity contribution in [2.75, 3.05) is 13.2 Å². The molecule has 0 spiro atoms. The Labute approximate surface area is 99.2 Å². The van der Waals surface area contributed by atoms with Crippen LogP contribution in [0.3, 0.4) is 0 Å². The largest absolute Gasteiger partial charge is 0.394 e. The highest BCUT2D eigenvalue weighted by atomic mass is 16.3. The summed E-state index contributed by atoms with van der Waals surface area (Å²) in [5.74, 6) is 10.6. The summed E-state index contributed by atoms with van der Waals surface area (Å²) in [7, 11) is 0. The van der Waals surface area contributed by atoms with E-state index in [9.17, 15) is 9.59 Å². The average molecular weight is 248 g/mol. The Balaban J connectivity index is 3.85. The van der Waals surface area contributed by atoms with Crippen molar-refractivity contribution in [3.63, 3.8) is 0 Å². The first-order valence-corrected chi connectivity index (χ1v) is 5.16. The van der Waals surface area contributed by atoms with E-state index in [0.717, 1.165) is 10.0 Å². The van der Waals surface area contributed by atoms with Crippen LogP contribution in [-0.2, 0) is 0 Å². The maximum Gasteiger partial charge on any atom is 0.329 e. The number of rotatable bonds is 7. The van der Waals surface area contributed by atoms with E-state index < -0.39 is 18.1 Å². The molecule has 0 saturated heterocycles. The fourth-order valence-electron chi connectivity index (χ4n) is 1.27. The van der Waals surface area contributed by atoms with Crippen molar-refractivity contribution in [1.82, 2.24) is 10.0 Å². The minimum Gasteiger partial charge on any atom is -0.394 e. The van der Waals surface area contributed by atoms with Crippen LogP contribution in [0, 0.1) is 0 Å². The molecule has 100 valence electrons. The number of primary amides is 2. The van der Waals surface area contributed by atoms with Crippen LogP contribution in [-0.4, -0.2) is 46.4 Å². The number of hydrazine groups is 2. The number of aliphatic hydroxyl groups excluding tert-OH is 1. The van der Waals surface area contributed by atoms with Gasteiger partial charge in [0.05, 0.1) is 12.6 Å². The van der Waals surface area contributed by atoms with Crippen molar-refractivity contribution in [3.8, 4) is 0 Å². The Hall–Kier alpha value is -1.58. The lowest BCUT2D eigenvalue weighted by Crippen LogP contribution is -2.50. The zero-order valence-electron chi connectivity index (χ0n) is 9.58. The minimum atomic E-state index is -0.804. The van der Waals surface area contributed by atoms with Crippen molar-refractivity contribution in [3.05, 3.63) is 0 Å². The van der Waals surface area contributed by atoms with Crippen LogP contribution in [0.25, 0.3) is 0 Å². The molecule has 0 aromatic rings. The van der Waals surface area contributed by atoms with Crippen LogP contribution in [0.4, 0.5) is 9.59 Å². The van der Waals surface area contributed by atoms with Gasteiger partial charge >= 0.3 is 12.1 Å². The van der Waals surface area contributed by atoms with Gasteiger partial charge in [-0.2, -0.15) is 0 Å². The lowest BCUT2D eigenvalue weighted by Gasteiger charge is -2.24. The molecule has 1 unspecified atom stereocenters. The van der Waals surface area contributed by atoms with Crippen molar-refractivity contribution in [1.29, 1.82) is 0 Å². The number of carbonyl (C=O) groups is 2. The zero-order chi connectivity index (χ0) is 13.4. The highest BCUT2D eigenvalue weighted by Gasteiger charge is 2.17. The third-order valence-electron chi connectivity index (χ3n) is 2.33.